The van der Waals surface area contributed by atoms with Gasteiger partial charge in [-0.25, -0.2) is 0 Å². The quantitative estimate of drug-likeness (QED) is 0.865. The molecule has 1 N–H and O–H groups in total. The zero-order valence-electron chi connectivity index (χ0n) is 12.0. The number of ether oxygens (including phenoxy) is 2. The maximum absolute atomic E-state index is 11.2. The van der Waals surface area contributed by atoms with Crippen molar-refractivity contribution in [2.24, 2.45) is 0 Å². The van der Waals surface area contributed by atoms with Crippen LogP contribution >= 0.6 is 11.8 Å². The summed E-state index contributed by atoms with van der Waals surface area (Å²) in [4.78, 5) is 0. The van der Waals surface area contributed by atoms with Crippen LogP contribution in [0.3, 0.4) is 0 Å². The number of methoxy groups -OCH3 is 2. The summed E-state index contributed by atoms with van der Waals surface area (Å²) >= 11 is 2.05. The first-order valence-corrected chi connectivity index (χ1v) is 8.13. The Morgan fingerprint density at radius 3 is 2.35 bits per heavy atom. The number of fused-ring (bicyclic) bond motifs is 2. The van der Waals surface area contributed by atoms with Crippen molar-refractivity contribution in [3.8, 4) is 0 Å². The smallest absolute Gasteiger partial charge is 0.183 e. The van der Waals surface area contributed by atoms with Crippen LogP contribution in [-0.4, -0.2) is 29.8 Å². The summed E-state index contributed by atoms with van der Waals surface area (Å²) < 4.78 is 10.8. The summed E-state index contributed by atoms with van der Waals surface area (Å²) in [5.41, 5.74) is 1.19. The molecule has 2 aliphatic rings. The van der Waals surface area contributed by atoms with Gasteiger partial charge in [0.25, 0.3) is 0 Å². The van der Waals surface area contributed by atoms with Gasteiger partial charge in [0.05, 0.1) is 5.60 Å². The Bertz CT molecular complexity index is 461. The summed E-state index contributed by atoms with van der Waals surface area (Å²) in [6, 6.07) is 7.98. The lowest BCUT2D eigenvalue weighted by atomic mass is 9.83. The summed E-state index contributed by atoms with van der Waals surface area (Å²) in [6.07, 6.45) is 3.73. The fraction of sp³-hybridized carbons (Fsp3) is 0.625. The molecular formula is C16H22O3S. The molecule has 2 atom stereocenters. The minimum absolute atomic E-state index is 0.414. The Morgan fingerprint density at radius 2 is 1.75 bits per heavy atom. The fourth-order valence-corrected chi connectivity index (χ4v) is 5.45. The summed E-state index contributed by atoms with van der Waals surface area (Å²) in [5.74, 6) is 0. The van der Waals surface area contributed by atoms with E-state index in [1.54, 1.807) is 14.2 Å². The molecule has 0 saturated carbocycles. The second-order valence-electron chi connectivity index (χ2n) is 5.79. The Labute approximate surface area is 124 Å². The minimum atomic E-state index is -0.733. The Balaban J connectivity index is 1.97. The van der Waals surface area contributed by atoms with Gasteiger partial charge in [-0.15, -0.1) is 0 Å². The van der Waals surface area contributed by atoms with Gasteiger partial charge in [-0.1, -0.05) is 24.3 Å². The van der Waals surface area contributed by atoms with E-state index in [0.29, 0.717) is 10.5 Å². The maximum atomic E-state index is 11.2. The van der Waals surface area contributed by atoms with Crippen LogP contribution in [0.5, 0.6) is 0 Å². The molecule has 2 bridgehead atoms. The third-order valence-electron chi connectivity index (χ3n) is 4.47. The first-order chi connectivity index (χ1) is 9.66. The predicted octanol–water partition coefficient (Wildman–Crippen LogP) is 3.22. The van der Waals surface area contributed by atoms with E-state index < -0.39 is 11.9 Å². The van der Waals surface area contributed by atoms with Gasteiger partial charge in [0.15, 0.2) is 6.29 Å². The molecule has 2 unspecified atom stereocenters. The van der Waals surface area contributed by atoms with Crippen molar-refractivity contribution in [1.82, 2.24) is 0 Å². The predicted molar refractivity (Wildman–Crippen MR) is 80.7 cm³/mol. The van der Waals surface area contributed by atoms with Gasteiger partial charge in [-0.2, -0.15) is 11.8 Å². The third-order valence-corrected chi connectivity index (χ3v) is 6.04. The van der Waals surface area contributed by atoms with E-state index in [-0.39, 0.29) is 0 Å². The Hall–Kier alpha value is -0.550. The van der Waals surface area contributed by atoms with E-state index >= 15 is 0 Å². The van der Waals surface area contributed by atoms with Crippen molar-refractivity contribution in [2.45, 2.75) is 48.1 Å². The average molecular weight is 294 g/mol. The molecule has 3 nitrogen and oxygen atoms in total. The lowest BCUT2D eigenvalue weighted by Crippen LogP contribution is -2.36. The molecule has 0 aliphatic carbocycles. The van der Waals surface area contributed by atoms with Crippen LogP contribution < -0.4 is 0 Å². The first-order valence-electron chi connectivity index (χ1n) is 7.19. The molecule has 4 heteroatoms. The van der Waals surface area contributed by atoms with Gasteiger partial charge in [0.1, 0.15) is 0 Å². The monoisotopic (exact) mass is 294 g/mol. The van der Waals surface area contributed by atoms with Gasteiger partial charge in [0, 0.05) is 30.3 Å². The highest BCUT2D eigenvalue weighted by molar-refractivity contribution is 8.00. The summed E-state index contributed by atoms with van der Waals surface area (Å²) in [6.45, 7) is 0. The molecule has 0 radical (unpaired) electrons. The molecule has 110 valence electrons. The van der Waals surface area contributed by atoms with Crippen molar-refractivity contribution in [3.63, 3.8) is 0 Å². The van der Waals surface area contributed by atoms with E-state index in [1.165, 1.54) is 12.8 Å². The van der Waals surface area contributed by atoms with Crippen LogP contribution in [-0.2, 0) is 15.1 Å². The summed E-state index contributed by atoms with van der Waals surface area (Å²) in [7, 11) is 3.27. The molecule has 0 amide bonds. The topological polar surface area (TPSA) is 38.7 Å². The number of thioether (sulfide) groups is 1. The van der Waals surface area contributed by atoms with Crippen LogP contribution in [0.25, 0.3) is 0 Å². The molecule has 2 saturated heterocycles. The van der Waals surface area contributed by atoms with Gasteiger partial charge < -0.3 is 14.6 Å². The fourth-order valence-electron chi connectivity index (χ4n) is 3.61. The van der Waals surface area contributed by atoms with Crippen molar-refractivity contribution in [3.05, 3.63) is 35.4 Å². The van der Waals surface area contributed by atoms with Gasteiger partial charge in [0.2, 0.25) is 0 Å². The molecule has 0 spiro atoms. The molecule has 1 aromatic rings. The van der Waals surface area contributed by atoms with E-state index in [0.717, 1.165) is 24.0 Å². The molecule has 2 fully saturated rings. The Morgan fingerprint density at radius 1 is 1.15 bits per heavy atom. The highest BCUT2D eigenvalue weighted by Crippen LogP contribution is 2.52. The zero-order valence-corrected chi connectivity index (χ0v) is 12.9. The second-order valence-corrected chi connectivity index (χ2v) is 7.39. The van der Waals surface area contributed by atoms with Gasteiger partial charge in [-0.05, 0) is 31.2 Å². The summed E-state index contributed by atoms with van der Waals surface area (Å²) in [5, 5.41) is 12.4. The Kier molecular flexibility index (Phi) is 4.09. The van der Waals surface area contributed by atoms with Crippen LogP contribution in [0.2, 0.25) is 0 Å². The molecule has 0 aromatic heterocycles. The third kappa shape index (κ3) is 2.50. The number of aliphatic hydroxyl groups is 1. The number of hydrogen-bond donors (Lipinski definition) is 1. The van der Waals surface area contributed by atoms with Crippen LogP contribution in [0.1, 0.15) is 43.1 Å². The zero-order chi connectivity index (χ0) is 14.2. The van der Waals surface area contributed by atoms with Crippen molar-refractivity contribution in [1.29, 1.82) is 0 Å². The molecular weight excluding hydrogens is 272 g/mol. The van der Waals surface area contributed by atoms with Gasteiger partial charge in [-0.3, -0.25) is 0 Å². The number of hydrogen-bond acceptors (Lipinski definition) is 4. The maximum Gasteiger partial charge on any atom is 0.183 e. The second kappa shape index (κ2) is 5.68. The minimum Gasteiger partial charge on any atom is -0.385 e. The first kappa shape index (κ1) is 14.4. The van der Waals surface area contributed by atoms with Gasteiger partial charge >= 0.3 is 0 Å². The van der Waals surface area contributed by atoms with Crippen LogP contribution in [0.4, 0.5) is 0 Å². The normalized spacial score (nSPS) is 32.8. The molecule has 1 aromatic carbocycles. The highest BCUT2D eigenvalue weighted by atomic mass is 32.2. The van der Waals surface area contributed by atoms with E-state index in [2.05, 4.69) is 11.8 Å². The number of benzene rings is 1. The average Bonchev–Trinajstić information content (AvgIpc) is 2.80. The van der Waals surface area contributed by atoms with E-state index in [4.69, 9.17) is 9.47 Å². The lowest BCUT2D eigenvalue weighted by Gasteiger charge is -2.38. The number of rotatable bonds is 4. The highest BCUT2D eigenvalue weighted by Gasteiger charge is 2.45. The molecule has 2 heterocycles. The molecule has 20 heavy (non-hydrogen) atoms. The SMILES string of the molecule is COC(OC)c1ccccc1C1(O)CC2CCC(C1)S2. The molecule has 3 rings (SSSR count). The van der Waals surface area contributed by atoms with E-state index in [9.17, 15) is 5.11 Å². The van der Waals surface area contributed by atoms with Crippen molar-refractivity contribution < 1.29 is 14.6 Å². The van der Waals surface area contributed by atoms with E-state index in [1.807, 2.05) is 24.3 Å². The van der Waals surface area contributed by atoms with Crippen LogP contribution in [0.15, 0.2) is 24.3 Å². The van der Waals surface area contributed by atoms with Crippen molar-refractivity contribution in [2.75, 3.05) is 14.2 Å². The standard InChI is InChI=1S/C16H22O3S/c1-18-15(19-2)13-5-3-4-6-14(13)16(17)9-11-7-8-12(10-16)20-11/h3-6,11-12,15,17H,7-10H2,1-2H3. The van der Waals surface area contributed by atoms with Crippen molar-refractivity contribution >= 4 is 11.8 Å². The molecule has 2 aliphatic heterocycles. The largest absolute Gasteiger partial charge is 0.385 e. The lowest BCUT2D eigenvalue weighted by molar-refractivity contribution is -0.109. The van der Waals surface area contributed by atoms with Crippen LogP contribution in [0, 0.1) is 0 Å².